The number of aliphatic hydroxyl groups excluding tert-OH is 1. The summed E-state index contributed by atoms with van der Waals surface area (Å²) >= 11 is 0. The molecule has 0 bridgehead atoms. The third-order valence-electron chi connectivity index (χ3n) is 3.05. The predicted octanol–water partition coefficient (Wildman–Crippen LogP) is 1.47. The molecule has 0 aromatic rings. The van der Waals surface area contributed by atoms with Gasteiger partial charge in [0.25, 0.3) is 0 Å². The summed E-state index contributed by atoms with van der Waals surface area (Å²) in [6.07, 6.45) is 2.09. The van der Waals surface area contributed by atoms with Crippen molar-refractivity contribution in [2.45, 2.75) is 52.1 Å². The molecule has 0 aliphatic heterocycles. The number of nitrogens with zero attached hydrogens (tertiary/aromatic N) is 1. The van der Waals surface area contributed by atoms with Gasteiger partial charge in [0, 0.05) is 11.6 Å². The van der Waals surface area contributed by atoms with Gasteiger partial charge in [-0.1, -0.05) is 6.92 Å². The van der Waals surface area contributed by atoms with Crippen LogP contribution >= 0.6 is 0 Å². The van der Waals surface area contributed by atoms with E-state index in [2.05, 4.69) is 45.0 Å². The molecule has 1 atom stereocenters. The van der Waals surface area contributed by atoms with Gasteiger partial charge in [0.15, 0.2) is 0 Å². The SMILES string of the molecule is CCCNC(C)(CO)CCN(C)C(C)C. The van der Waals surface area contributed by atoms with Gasteiger partial charge in [-0.2, -0.15) is 0 Å². The van der Waals surface area contributed by atoms with Crippen LogP contribution in [0.15, 0.2) is 0 Å². The van der Waals surface area contributed by atoms with E-state index in [0.717, 1.165) is 25.9 Å². The van der Waals surface area contributed by atoms with Crippen LogP contribution in [0.25, 0.3) is 0 Å². The lowest BCUT2D eigenvalue weighted by atomic mass is 9.98. The van der Waals surface area contributed by atoms with E-state index in [0.29, 0.717) is 6.04 Å². The summed E-state index contributed by atoms with van der Waals surface area (Å²) in [5.74, 6) is 0. The lowest BCUT2D eigenvalue weighted by Crippen LogP contribution is -2.48. The van der Waals surface area contributed by atoms with Crippen molar-refractivity contribution < 1.29 is 5.11 Å². The molecule has 15 heavy (non-hydrogen) atoms. The fourth-order valence-corrected chi connectivity index (χ4v) is 1.33. The maximum absolute atomic E-state index is 9.38. The Balaban J connectivity index is 3.96. The summed E-state index contributed by atoms with van der Waals surface area (Å²) in [4.78, 5) is 2.31. The van der Waals surface area contributed by atoms with Crippen molar-refractivity contribution in [3.63, 3.8) is 0 Å². The van der Waals surface area contributed by atoms with Gasteiger partial charge in [-0.3, -0.25) is 0 Å². The van der Waals surface area contributed by atoms with Gasteiger partial charge in [-0.25, -0.2) is 0 Å². The molecule has 0 heterocycles. The van der Waals surface area contributed by atoms with Crippen molar-refractivity contribution in [2.75, 3.05) is 26.7 Å². The van der Waals surface area contributed by atoms with Gasteiger partial charge in [0.2, 0.25) is 0 Å². The van der Waals surface area contributed by atoms with Crippen LogP contribution in [-0.4, -0.2) is 48.3 Å². The zero-order valence-corrected chi connectivity index (χ0v) is 11.0. The normalized spacial score (nSPS) is 16.0. The summed E-state index contributed by atoms with van der Waals surface area (Å²) in [5, 5.41) is 12.8. The molecular formula is C12H28N2O. The van der Waals surface area contributed by atoms with E-state index in [1.165, 1.54) is 0 Å². The second-order valence-electron chi connectivity index (χ2n) is 4.97. The molecule has 1 unspecified atom stereocenters. The lowest BCUT2D eigenvalue weighted by molar-refractivity contribution is 0.145. The highest BCUT2D eigenvalue weighted by Gasteiger charge is 2.22. The molecule has 0 fully saturated rings. The molecule has 3 nitrogen and oxygen atoms in total. The van der Waals surface area contributed by atoms with Crippen molar-refractivity contribution in [3.8, 4) is 0 Å². The average molecular weight is 216 g/mol. The second kappa shape index (κ2) is 7.20. The van der Waals surface area contributed by atoms with Crippen LogP contribution in [-0.2, 0) is 0 Å². The van der Waals surface area contributed by atoms with Crippen LogP contribution < -0.4 is 5.32 Å². The third kappa shape index (κ3) is 6.13. The van der Waals surface area contributed by atoms with Gasteiger partial charge in [-0.05, 0) is 53.8 Å². The van der Waals surface area contributed by atoms with Crippen LogP contribution in [0.4, 0.5) is 0 Å². The molecule has 0 spiro atoms. The lowest BCUT2D eigenvalue weighted by Gasteiger charge is -2.32. The van der Waals surface area contributed by atoms with Crippen molar-refractivity contribution in [3.05, 3.63) is 0 Å². The first-order valence-electron chi connectivity index (χ1n) is 6.01. The summed E-state index contributed by atoms with van der Waals surface area (Å²) in [7, 11) is 2.13. The monoisotopic (exact) mass is 216 g/mol. The number of hydrogen-bond donors (Lipinski definition) is 2. The standard InChI is InChI=1S/C12H28N2O/c1-6-8-13-12(4,10-15)7-9-14(5)11(2)3/h11,13,15H,6-10H2,1-5H3. The van der Waals surface area contributed by atoms with E-state index in [-0.39, 0.29) is 12.1 Å². The first kappa shape index (κ1) is 14.9. The van der Waals surface area contributed by atoms with Crippen LogP contribution in [0.3, 0.4) is 0 Å². The molecular weight excluding hydrogens is 188 g/mol. The third-order valence-corrected chi connectivity index (χ3v) is 3.05. The van der Waals surface area contributed by atoms with Crippen LogP contribution in [0.5, 0.6) is 0 Å². The average Bonchev–Trinajstić information content (AvgIpc) is 2.22. The van der Waals surface area contributed by atoms with Crippen LogP contribution in [0, 0.1) is 0 Å². The van der Waals surface area contributed by atoms with Crippen LogP contribution in [0.1, 0.15) is 40.5 Å². The van der Waals surface area contributed by atoms with Crippen molar-refractivity contribution >= 4 is 0 Å². The van der Waals surface area contributed by atoms with Crippen molar-refractivity contribution in [1.82, 2.24) is 10.2 Å². The Morgan fingerprint density at radius 2 is 2.00 bits per heavy atom. The molecule has 0 aromatic heterocycles. The first-order chi connectivity index (χ1) is 6.95. The van der Waals surface area contributed by atoms with Gasteiger partial charge in [-0.15, -0.1) is 0 Å². The van der Waals surface area contributed by atoms with E-state index >= 15 is 0 Å². The smallest absolute Gasteiger partial charge is 0.0611 e. The van der Waals surface area contributed by atoms with E-state index in [4.69, 9.17) is 0 Å². The molecule has 0 aliphatic carbocycles. The van der Waals surface area contributed by atoms with E-state index in [9.17, 15) is 5.11 Å². The number of hydrogen-bond acceptors (Lipinski definition) is 3. The highest BCUT2D eigenvalue weighted by Crippen LogP contribution is 2.10. The summed E-state index contributed by atoms with van der Waals surface area (Å²) < 4.78 is 0. The second-order valence-corrected chi connectivity index (χ2v) is 4.97. The molecule has 92 valence electrons. The molecule has 0 saturated carbocycles. The van der Waals surface area contributed by atoms with E-state index in [1.807, 2.05) is 0 Å². The van der Waals surface area contributed by atoms with Crippen molar-refractivity contribution in [1.29, 1.82) is 0 Å². The summed E-state index contributed by atoms with van der Waals surface area (Å²) in [6.45, 7) is 10.8. The minimum absolute atomic E-state index is 0.126. The van der Waals surface area contributed by atoms with E-state index in [1.54, 1.807) is 0 Å². The Hall–Kier alpha value is -0.120. The number of aliphatic hydroxyl groups is 1. The minimum Gasteiger partial charge on any atom is -0.394 e. The molecule has 0 saturated heterocycles. The summed E-state index contributed by atoms with van der Waals surface area (Å²) in [5.41, 5.74) is -0.126. The largest absolute Gasteiger partial charge is 0.394 e. The Morgan fingerprint density at radius 3 is 2.40 bits per heavy atom. The van der Waals surface area contributed by atoms with Crippen molar-refractivity contribution in [2.24, 2.45) is 0 Å². The fraction of sp³-hybridized carbons (Fsp3) is 1.00. The molecule has 0 amide bonds. The topological polar surface area (TPSA) is 35.5 Å². The van der Waals surface area contributed by atoms with Gasteiger partial charge in [0.05, 0.1) is 6.61 Å². The zero-order chi connectivity index (χ0) is 11.9. The Morgan fingerprint density at radius 1 is 1.40 bits per heavy atom. The zero-order valence-electron chi connectivity index (χ0n) is 11.0. The molecule has 3 heteroatoms. The molecule has 0 aliphatic rings. The Labute approximate surface area is 94.9 Å². The molecule has 0 rings (SSSR count). The van der Waals surface area contributed by atoms with Gasteiger partial charge >= 0.3 is 0 Å². The minimum atomic E-state index is -0.126. The number of rotatable bonds is 8. The van der Waals surface area contributed by atoms with Crippen LogP contribution in [0.2, 0.25) is 0 Å². The maximum atomic E-state index is 9.38. The van der Waals surface area contributed by atoms with E-state index < -0.39 is 0 Å². The number of nitrogens with one attached hydrogen (secondary N) is 1. The van der Waals surface area contributed by atoms with Gasteiger partial charge < -0.3 is 15.3 Å². The predicted molar refractivity (Wildman–Crippen MR) is 66.2 cm³/mol. The molecule has 0 aromatic carbocycles. The maximum Gasteiger partial charge on any atom is 0.0611 e. The summed E-state index contributed by atoms with van der Waals surface area (Å²) in [6, 6.07) is 0.569. The molecule has 0 radical (unpaired) electrons. The molecule has 2 N–H and O–H groups in total. The Kier molecular flexibility index (Phi) is 7.14. The first-order valence-corrected chi connectivity index (χ1v) is 6.01. The highest BCUT2D eigenvalue weighted by molar-refractivity contribution is 4.83. The fourth-order valence-electron chi connectivity index (χ4n) is 1.33. The quantitative estimate of drug-likeness (QED) is 0.645. The Bertz CT molecular complexity index is 162. The van der Waals surface area contributed by atoms with Gasteiger partial charge in [0.1, 0.15) is 0 Å². The highest BCUT2D eigenvalue weighted by atomic mass is 16.3.